The summed E-state index contributed by atoms with van der Waals surface area (Å²) in [5, 5.41) is 21.8. The van der Waals surface area contributed by atoms with E-state index < -0.39 is 46.7 Å². The highest BCUT2D eigenvalue weighted by atomic mass is 16.6. The average molecular weight is 611 g/mol. The minimum Gasteiger partial charge on any atom is -0.370 e. The molecular formula is C30H42N8O6. The predicted octanol–water partition coefficient (Wildman–Crippen LogP) is 2.06. The second-order valence-electron chi connectivity index (χ2n) is 11.1. The molecule has 14 nitrogen and oxygen atoms in total. The quantitative estimate of drug-likeness (QED) is 0.0541. The smallest absolute Gasteiger partial charge is 0.269 e. The number of anilines is 1. The predicted molar refractivity (Wildman–Crippen MR) is 167 cm³/mol. The van der Waals surface area contributed by atoms with Crippen LogP contribution in [0.2, 0.25) is 0 Å². The maximum Gasteiger partial charge on any atom is 0.269 e. The SMILES string of the molecule is CC(C)C[C@H](NC(=O)c1ccccc1)C(=O)N[C@H](C(=O)N[C@@H](CCCN=C(N)N)C(=O)Nc1ccc([N+](=O)[O-])cc1)C(C)C. The fraction of sp³-hybridized carbons (Fsp3) is 0.433. The van der Waals surface area contributed by atoms with E-state index in [0.29, 0.717) is 24.1 Å². The van der Waals surface area contributed by atoms with Crippen LogP contribution in [0, 0.1) is 22.0 Å². The Balaban J connectivity index is 2.20. The van der Waals surface area contributed by atoms with Crippen molar-refractivity contribution in [3.8, 4) is 0 Å². The maximum absolute atomic E-state index is 13.5. The summed E-state index contributed by atoms with van der Waals surface area (Å²) in [5.74, 6) is -2.54. The maximum atomic E-state index is 13.5. The molecule has 0 aliphatic heterocycles. The summed E-state index contributed by atoms with van der Waals surface area (Å²) in [7, 11) is 0. The fourth-order valence-corrected chi connectivity index (χ4v) is 4.25. The first-order chi connectivity index (χ1) is 20.8. The molecule has 44 heavy (non-hydrogen) atoms. The molecule has 0 aromatic heterocycles. The average Bonchev–Trinajstić information content (AvgIpc) is 2.96. The normalized spacial score (nSPS) is 12.9. The first-order valence-corrected chi connectivity index (χ1v) is 14.4. The second kappa shape index (κ2) is 17.2. The number of amides is 4. The van der Waals surface area contributed by atoms with Crippen molar-refractivity contribution in [2.75, 3.05) is 11.9 Å². The fourth-order valence-electron chi connectivity index (χ4n) is 4.25. The lowest BCUT2D eigenvalue weighted by Crippen LogP contribution is -2.58. The van der Waals surface area contributed by atoms with Crippen LogP contribution in [0.15, 0.2) is 59.6 Å². The molecule has 0 bridgehead atoms. The summed E-state index contributed by atoms with van der Waals surface area (Å²) in [6, 6.07) is 10.8. The molecule has 0 spiro atoms. The molecule has 8 N–H and O–H groups in total. The van der Waals surface area contributed by atoms with Crippen LogP contribution in [0.4, 0.5) is 11.4 Å². The van der Waals surface area contributed by atoms with E-state index in [2.05, 4.69) is 26.3 Å². The number of aliphatic imine (C=N–C) groups is 1. The summed E-state index contributed by atoms with van der Waals surface area (Å²) < 4.78 is 0. The molecule has 3 atom stereocenters. The van der Waals surface area contributed by atoms with Gasteiger partial charge in [-0.25, -0.2) is 0 Å². The molecule has 0 unspecified atom stereocenters. The highest BCUT2D eigenvalue weighted by Gasteiger charge is 2.32. The van der Waals surface area contributed by atoms with E-state index >= 15 is 0 Å². The Morgan fingerprint density at radius 1 is 0.841 bits per heavy atom. The number of carbonyl (C=O) groups excluding carboxylic acids is 4. The topological polar surface area (TPSA) is 224 Å². The molecule has 0 radical (unpaired) electrons. The number of guanidine groups is 1. The Kier molecular flexibility index (Phi) is 13.7. The van der Waals surface area contributed by atoms with Gasteiger partial charge in [-0.15, -0.1) is 0 Å². The molecule has 0 saturated carbocycles. The Morgan fingerprint density at radius 3 is 2.02 bits per heavy atom. The van der Waals surface area contributed by atoms with Gasteiger partial charge >= 0.3 is 0 Å². The van der Waals surface area contributed by atoms with Crippen LogP contribution in [0.5, 0.6) is 0 Å². The van der Waals surface area contributed by atoms with Crippen molar-refractivity contribution >= 4 is 41.0 Å². The lowest BCUT2D eigenvalue weighted by atomic mass is 9.99. The molecule has 0 aliphatic carbocycles. The van der Waals surface area contributed by atoms with Gasteiger partial charge in [-0.2, -0.15) is 0 Å². The van der Waals surface area contributed by atoms with E-state index in [9.17, 15) is 29.3 Å². The van der Waals surface area contributed by atoms with Gasteiger partial charge in [0.25, 0.3) is 11.6 Å². The lowest BCUT2D eigenvalue weighted by Gasteiger charge is -2.28. The van der Waals surface area contributed by atoms with Crippen LogP contribution in [0.25, 0.3) is 0 Å². The van der Waals surface area contributed by atoms with Crippen molar-refractivity contribution in [3.63, 3.8) is 0 Å². The zero-order chi connectivity index (χ0) is 32.8. The van der Waals surface area contributed by atoms with Crippen molar-refractivity contribution in [2.24, 2.45) is 28.3 Å². The lowest BCUT2D eigenvalue weighted by molar-refractivity contribution is -0.384. The van der Waals surface area contributed by atoms with Gasteiger partial charge in [0.15, 0.2) is 5.96 Å². The number of nitrogens with two attached hydrogens (primary N) is 2. The zero-order valence-corrected chi connectivity index (χ0v) is 25.4. The largest absolute Gasteiger partial charge is 0.370 e. The number of nitrogens with zero attached hydrogens (tertiary/aromatic N) is 2. The van der Waals surface area contributed by atoms with Gasteiger partial charge in [-0.1, -0.05) is 45.9 Å². The summed E-state index contributed by atoms with van der Waals surface area (Å²) in [4.78, 5) is 67.2. The van der Waals surface area contributed by atoms with Gasteiger partial charge in [0.1, 0.15) is 18.1 Å². The van der Waals surface area contributed by atoms with Crippen LogP contribution in [0.1, 0.15) is 57.3 Å². The number of nitro benzene ring substituents is 1. The van der Waals surface area contributed by atoms with Gasteiger partial charge in [0.05, 0.1) is 4.92 Å². The monoisotopic (exact) mass is 610 g/mol. The van der Waals surface area contributed by atoms with Crippen molar-refractivity contribution in [3.05, 3.63) is 70.3 Å². The van der Waals surface area contributed by atoms with Gasteiger partial charge in [-0.05, 0) is 55.4 Å². The highest BCUT2D eigenvalue weighted by Crippen LogP contribution is 2.16. The van der Waals surface area contributed by atoms with Crippen LogP contribution in [0.3, 0.4) is 0 Å². The van der Waals surface area contributed by atoms with E-state index in [4.69, 9.17) is 11.5 Å². The number of non-ortho nitro benzene ring substituents is 1. The number of nitro groups is 1. The van der Waals surface area contributed by atoms with Crippen molar-refractivity contribution in [1.29, 1.82) is 0 Å². The second-order valence-corrected chi connectivity index (χ2v) is 11.1. The number of hydrogen-bond donors (Lipinski definition) is 6. The minimum absolute atomic E-state index is 0.0610. The minimum atomic E-state index is -1.05. The summed E-state index contributed by atoms with van der Waals surface area (Å²) in [6.45, 7) is 7.53. The number of rotatable bonds is 16. The van der Waals surface area contributed by atoms with Crippen LogP contribution in [-0.2, 0) is 14.4 Å². The number of nitrogens with one attached hydrogen (secondary N) is 4. The third-order valence-electron chi connectivity index (χ3n) is 6.54. The molecular weight excluding hydrogens is 568 g/mol. The van der Waals surface area contributed by atoms with Gasteiger partial charge in [-0.3, -0.25) is 34.3 Å². The van der Waals surface area contributed by atoms with E-state index in [1.165, 1.54) is 24.3 Å². The highest BCUT2D eigenvalue weighted by molar-refractivity contribution is 6.00. The Hall–Kier alpha value is -5.01. The van der Waals surface area contributed by atoms with Gasteiger partial charge in [0, 0.05) is 29.9 Å². The van der Waals surface area contributed by atoms with Crippen molar-refractivity contribution in [2.45, 2.75) is 65.1 Å². The molecule has 0 fully saturated rings. The number of hydrogen-bond acceptors (Lipinski definition) is 7. The third-order valence-corrected chi connectivity index (χ3v) is 6.54. The van der Waals surface area contributed by atoms with Crippen LogP contribution < -0.4 is 32.7 Å². The molecule has 2 rings (SSSR count). The first-order valence-electron chi connectivity index (χ1n) is 14.4. The van der Waals surface area contributed by atoms with E-state index in [1.54, 1.807) is 44.2 Å². The first kappa shape index (κ1) is 35.2. The Bertz CT molecular complexity index is 1310. The summed E-state index contributed by atoms with van der Waals surface area (Å²) in [6.07, 6.45) is 0.836. The van der Waals surface area contributed by atoms with Crippen LogP contribution >= 0.6 is 0 Å². The number of carbonyl (C=O) groups is 4. The van der Waals surface area contributed by atoms with Crippen LogP contribution in [-0.4, -0.2) is 59.2 Å². The van der Waals surface area contributed by atoms with E-state index in [1.807, 2.05) is 13.8 Å². The molecule has 0 saturated heterocycles. The van der Waals surface area contributed by atoms with Gasteiger partial charge < -0.3 is 32.7 Å². The van der Waals surface area contributed by atoms with E-state index in [-0.39, 0.29) is 36.4 Å². The Labute approximate surface area is 256 Å². The molecule has 238 valence electrons. The summed E-state index contributed by atoms with van der Waals surface area (Å²) in [5.41, 5.74) is 11.3. The third kappa shape index (κ3) is 11.7. The van der Waals surface area contributed by atoms with Crippen molar-refractivity contribution < 1.29 is 24.1 Å². The number of benzene rings is 2. The molecule has 2 aromatic rings. The molecule has 2 aromatic carbocycles. The molecule has 0 heterocycles. The van der Waals surface area contributed by atoms with Crippen molar-refractivity contribution in [1.82, 2.24) is 16.0 Å². The van der Waals surface area contributed by atoms with Gasteiger partial charge in [0.2, 0.25) is 17.7 Å². The van der Waals surface area contributed by atoms with E-state index in [0.717, 1.165) is 0 Å². The standard InChI is InChI=1S/C30H42N8O6/c1-18(2)17-24(36-26(39)20-9-6-5-7-10-20)28(41)37-25(19(3)4)29(42)35-23(11-8-16-33-30(31)32)27(40)34-21-12-14-22(15-13-21)38(43)44/h5-7,9-10,12-15,18-19,23-25H,8,11,16-17H2,1-4H3,(H,34,40)(H,35,42)(H,36,39)(H,37,41)(H4,31,32,33)/t23-,24-,25-/m0/s1. The zero-order valence-electron chi connectivity index (χ0n) is 25.4. The molecule has 0 aliphatic rings. The Morgan fingerprint density at radius 2 is 1.48 bits per heavy atom. The molecule has 4 amide bonds. The summed E-state index contributed by atoms with van der Waals surface area (Å²) >= 11 is 0. The molecule has 14 heteroatoms.